The first-order valence-corrected chi connectivity index (χ1v) is 7.45. The molecule has 3 rings (SSSR count). The van der Waals surface area contributed by atoms with E-state index in [1.54, 1.807) is 7.11 Å². The molecule has 2 aromatic carbocycles. The van der Waals surface area contributed by atoms with Crippen molar-refractivity contribution in [1.82, 2.24) is 5.32 Å². The Bertz CT molecular complexity index is 624. The first kappa shape index (κ1) is 14.0. The highest BCUT2D eigenvalue weighted by molar-refractivity contribution is 5.46. The quantitative estimate of drug-likeness (QED) is 0.913. The number of fused-ring (bicyclic) bond motifs is 1. The van der Waals surface area contributed by atoms with Crippen LogP contribution in [0.25, 0.3) is 0 Å². The van der Waals surface area contributed by atoms with Crippen molar-refractivity contribution in [2.45, 2.75) is 19.4 Å². The van der Waals surface area contributed by atoms with Crippen LogP contribution in [0, 0.1) is 0 Å². The summed E-state index contributed by atoms with van der Waals surface area (Å²) in [6, 6.07) is 14.8. The molecule has 1 unspecified atom stereocenters. The van der Waals surface area contributed by atoms with Gasteiger partial charge in [0.05, 0.1) is 19.8 Å². The van der Waals surface area contributed by atoms with Crippen LogP contribution in [0.3, 0.4) is 0 Å². The molecule has 21 heavy (non-hydrogen) atoms. The molecule has 0 aromatic heterocycles. The Kier molecular flexibility index (Phi) is 4.11. The van der Waals surface area contributed by atoms with Crippen LogP contribution in [-0.2, 0) is 6.42 Å². The zero-order valence-corrected chi connectivity index (χ0v) is 12.6. The third-order valence-electron chi connectivity index (χ3n) is 3.91. The van der Waals surface area contributed by atoms with Crippen molar-refractivity contribution >= 4 is 0 Å². The molecular formula is C18H21NO2. The van der Waals surface area contributed by atoms with Crippen LogP contribution < -0.4 is 14.8 Å². The average Bonchev–Trinajstić information content (AvgIpc) is 3.00. The Morgan fingerprint density at radius 1 is 1.24 bits per heavy atom. The minimum absolute atomic E-state index is 0.136. The highest BCUT2D eigenvalue weighted by atomic mass is 16.5. The first-order chi connectivity index (χ1) is 10.3. The van der Waals surface area contributed by atoms with Crippen molar-refractivity contribution in [3.63, 3.8) is 0 Å². The third kappa shape index (κ3) is 2.74. The maximum absolute atomic E-state index is 5.60. The predicted molar refractivity (Wildman–Crippen MR) is 84.2 cm³/mol. The summed E-state index contributed by atoms with van der Waals surface area (Å²) < 4.78 is 11.1. The summed E-state index contributed by atoms with van der Waals surface area (Å²) in [5.74, 6) is 1.94. The van der Waals surface area contributed by atoms with E-state index in [0.717, 1.165) is 31.1 Å². The smallest absolute Gasteiger partial charge is 0.123 e. The molecule has 110 valence electrons. The topological polar surface area (TPSA) is 30.5 Å². The zero-order valence-electron chi connectivity index (χ0n) is 12.6. The van der Waals surface area contributed by atoms with Crippen molar-refractivity contribution in [2.75, 3.05) is 20.3 Å². The lowest BCUT2D eigenvalue weighted by Crippen LogP contribution is -2.22. The van der Waals surface area contributed by atoms with Gasteiger partial charge < -0.3 is 14.8 Å². The fourth-order valence-corrected chi connectivity index (χ4v) is 2.90. The van der Waals surface area contributed by atoms with Gasteiger partial charge in [0.2, 0.25) is 0 Å². The molecule has 0 aliphatic carbocycles. The Morgan fingerprint density at radius 2 is 2.10 bits per heavy atom. The Labute approximate surface area is 125 Å². The highest BCUT2D eigenvalue weighted by Crippen LogP contribution is 2.33. The van der Waals surface area contributed by atoms with Crippen LogP contribution in [-0.4, -0.2) is 20.3 Å². The summed E-state index contributed by atoms with van der Waals surface area (Å²) in [7, 11) is 1.72. The number of para-hydroxylation sites is 1. The number of nitrogens with one attached hydrogen (secondary N) is 1. The van der Waals surface area contributed by atoms with E-state index in [1.807, 2.05) is 12.1 Å². The van der Waals surface area contributed by atoms with Gasteiger partial charge in [-0.25, -0.2) is 0 Å². The summed E-state index contributed by atoms with van der Waals surface area (Å²) in [5, 5.41) is 3.56. The molecule has 0 saturated carbocycles. The van der Waals surface area contributed by atoms with Crippen LogP contribution in [0.5, 0.6) is 11.5 Å². The molecule has 0 saturated heterocycles. The molecule has 1 atom stereocenters. The fourth-order valence-electron chi connectivity index (χ4n) is 2.90. The molecule has 2 aromatic rings. The van der Waals surface area contributed by atoms with Crippen LogP contribution in [0.2, 0.25) is 0 Å². The molecule has 1 aliphatic rings. The lowest BCUT2D eigenvalue weighted by molar-refractivity contribution is 0.356. The number of hydrogen-bond acceptors (Lipinski definition) is 3. The van der Waals surface area contributed by atoms with Crippen LogP contribution in [0.1, 0.15) is 29.7 Å². The van der Waals surface area contributed by atoms with Gasteiger partial charge in [-0.15, -0.1) is 0 Å². The molecule has 0 fully saturated rings. The second-order valence-corrected chi connectivity index (χ2v) is 5.20. The van der Waals surface area contributed by atoms with Gasteiger partial charge in [-0.2, -0.15) is 0 Å². The van der Waals surface area contributed by atoms with Crippen molar-refractivity contribution in [2.24, 2.45) is 0 Å². The lowest BCUT2D eigenvalue weighted by atomic mass is 9.95. The number of benzene rings is 2. The maximum atomic E-state index is 5.60. The Morgan fingerprint density at radius 3 is 2.90 bits per heavy atom. The predicted octanol–water partition coefficient (Wildman–Crippen LogP) is 3.33. The third-order valence-corrected chi connectivity index (χ3v) is 3.91. The molecule has 0 amide bonds. The van der Waals surface area contributed by atoms with E-state index >= 15 is 0 Å². The molecule has 0 radical (unpaired) electrons. The Balaban J connectivity index is 2.01. The summed E-state index contributed by atoms with van der Waals surface area (Å²) in [4.78, 5) is 0. The summed E-state index contributed by atoms with van der Waals surface area (Å²) >= 11 is 0. The van der Waals surface area contributed by atoms with E-state index in [0.29, 0.717) is 0 Å². The summed E-state index contributed by atoms with van der Waals surface area (Å²) in [6.07, 6.45) is 0.994. The molecule has 1 heterocycles. The molecule has 0 bridgehead atoms. The van der Waals surface area contributed by atoms with E-state index in [1.165, 1.54) is 16.7 Å². The SMILES string of the molecule is CCNC(c1ccc2c(c1)CCO2)c1ccccc1OC. The van der Waals surface area contributed by atoms with Crippen LogP contribution >= 0.6 is 0 Å². The van der Waals surface area contributed by atoms with Gasteiger partial charge in [0, 0.05) is 12.0 Å². The minimum Gasteiger partial charge on any atom is -0.496 e. The maximum Gasteiger partial charge on any atom is 0.123 e. The van der Waals surface area contributed by atoms with Crippen molar-refractivity contribution in [3.05, 3.63) is 59.2 Å². The molecule has 1 N–H and O–H groups in total. The van der Waals surface area contributed by atoms with Gasteiger partial charge in [-0.1, -0.05) is 37.3 Å². The van der Waals surface area contributed by atoms with E-state index in [2.05, 4.69) is 42.6 Å². The molecule has 3 heteroatoms. The van der Waals surface area contributed by atoms with Gasteiger partial charge in [0.25, 0.3) is 0 Å². The normalized spacial score (nSPS) is 14.4. The summed E-state index contributed by atoms with van der Waals surface area (Å²) in [6.45, 7) is 3.81. The highest BCUT2D eigenvalue weighted by Gasteiger charge is 2.20. The van der Waals surface area contributed by atoms with E-state index in [9.17, 15) is 0 Å². The van der Waals surface area contributed by atoms with Gasteiger partial charge >= 0.3 is 0 Å². The van der Waals surface area contributed by atoms with Gasteiger partial charge in [-0.3, -0.25) is 0 Å². The lowest BCUT2D eigenvalue weighted by Gasteiger charge is -2.21. The van der Waals surface area contributed by atoms with Crippen molar-refractivity contribution in [3.8, 4) is 11.5 Å². The number of rotatable bonds is 5. The second-order valence-electron chi connectivity index (χ2n) is 5.20. The second kappa shape index (κ2) is 6.19. The van der Waals surface area contributed by atoms with Gasteiger partial charge in [-0.05, 0) is 29.8 Å². The van der Waals surface area contributed by atoms with Crippen molar-refractivity contribution < 1.29 is 9.47 Å². The first-order valence-electron chi connectivity index (χ1n) is 7.45. The molecule has 0 spiro atoms. The molecular weight excluding hydrogens is 262 g/mol. The van der Waals surface area contributed by atoms with E-state index in [-0.39, 0.29) is 6.04 Å². The monoisotopic (exact) mass is 283 g/mol. The number of methoxy groups -OCH3 is 1. The fraction of sp³-hybridized carbons (Fsp3) is 0.333. The standard InChI is InChI=1S/C18H21NO2/c1-3-19-18(15-6-4-5-7-17(15)20-2)14-8-9-16-13(12-14)10-11-21-16/h4-9,12,18-19H,3,10-11H2,1-2H3. The summed E-state index contributed by atoms with van der Waals surface area (Å²) in [5.41, 5.74) is 3.72. The average molecular weight is 283 g/mol. The largest absolute Gasteiger partial charge is 0.496 e. The van der Waals surface area contributed by atoms with Crippen LogP contribution in [0.4, 0.5) is 0 Å². The van der Waals surface area contributed by atoms with E-state index < -0.39 is 0 Å². The number of ether oxygens (including phenoxy) is 2. The van der Waals surface area contributed by atoms with Crippen molar-refractivity contribution in [1.29, 1.82) is 0 Å². The van der Waals surface area contributed by atoms with Gasteiger partial charge in [0.1, 0.15) is 11.5 Å². The zero-order chi connectivity index (χ0) is 14.7. The molecule has 3 nitrogen and oxygen atoms in total. The minimum atomic E-state index is 0.136. The number of hydrogen-bond donors (Lipinski definition) is 1. The Hall–Kier alpha value is -2.00. The van der Waals surface area contributed by atoms with Gasteiger partial charge in [0.15, 0.2) is 0 Å². The molecule has 1 aliphatic heterocycles. The van der Waals surface area contributed by atoms with E-state index in [4.69, 9.17) is 9.47 Å². The van der Waals surface area contributed by atoms with Crippen LogP contribution in [0.15, 0.2) is 42.5 Å².